The molecule has 0 saturated heterocycles. The van der Waals surface area contributed by atoms with Crippen LogP contribution in [0.3, 0.4) is 0 Å². The summed E-state index contributed by atoms with van der Waals surface area (Å²) in [5, 5.41) is 0. The average Bonchev–Trinajstić information content (AvgIpc) is 1.89. The first-order chi connectivity index (χ1) is 4.72. The molecule has 0 heterocycles. The van der Waals surface area contributed by atoms with Gasteiger partial charge in [0.2, 0.25) is 0 Å². The normalized spacial score (nSPS) is 14.9. The Morgan fingerprint density at radius 3 is 2.20 bits per heavy atom. The van der Waals surface area contributed by atoms with E-state index in [9.17, 15) is 0 Å². The van der Waals surface area contributed by atoms with Gasteiger partial charge in [0.05, 0.1) is 6.04 Å². The lowest BCUT2D eigenvalue weighted by atomic mass is 10.0. The third kappa shape index (κ3) is 3.65. The molecule has 1 atom stereocenters. The number of hydrogen-bond donors (Lipinski definition) is 0. The van der Waals surface area contributed by atoms with Crippen LogP contribution in [0.5, 0.6) is 0 Å². The zero-order valence-electron chi connectivity index (χ0n) is 7.59. The second kappa shape index (κ2) is 5.45. The van der Waals surface area contributed by atoms with E-state index in [1.54, 1.807) is 0 Å². The third-order valence-electron chi connectivity index (χ3n) is 1.67. The van der Waals surface area contributed by atoms with Crippen molar-refractivity contribution in [3.63, 3.8) is 0 Å². The molecule has 0 aromatic heterocycles. The molecule has 0 N–H and O–H groups in total. The second-order valence-corrected chi connectivity index (χ2v) is 2.96. The lowest BCUT2D eigenvalue weighted by Crippen LogP contribution is -2.11. The van der Waals surface area contributed by atoms with Crippen molar-refractivity contribution < 1.29 is 0 Å². The number of hydrogen-bond acceptors (Lipinski definition) is 1. The van der Waals surface area contributed by atoms with Gasteiger partial charge in [0.25, 0.3) is 0 Å². The molecule has 0 amide bonds. The van der Waals surface area contributed by atoms with E-state index in [2.05, 4.69) is 32.7 Å². The van der Waals surface area contributed by atoms with Gasteiger partial charge in [0, 0.05) is 0 Å². The van der Waals surface area contributed by atoms with E-state index in [4.69, 9.17) is 0 Å². The van der Waals surface area contributed by atoms with Crippen LogP contribution in [-0.2, 0) is 0 Å². The Morgan fingerprint density at radius 2 is 1.90 bits per heavy atom. The first kappa shape index (κ1) is 9.67. The van der Waals surface area contributed by atoms with Crippen molar-refractivity contribution in [2.24, 2.45) is 10.9 Å². The van der Waals surface area contributed by atoms with Crippen LogP contribution in [0, 0.1) is 5.92 Å². The summed E-state index contributed by atoms with van der Waals surface area (Å²) in [6.45, 7) is 8.76. The Balaban J connectivity index is 3.71. The van der Waals surface area contributed by atoms with Crippen LogP contribution >= 0.6 is 0 Å². The van der Waals surface area contributed by atoms with Crippen LogP contribution in [0.2, 0.25) is 0 Å². The minimum atomic E-state index is 0.542. The van der Waals surface area contributed by atoms with Gasteiger partial charge >= 0.3 is 0 Å². The number of nitrogens with zero attached hydrogens (tertiary/aromatic N) is 1. The van der Waals surface area contributed by atoms with E-state index < -0.39 is 0 Å². The number of aliphatic imine (C=N–C) groups is 1. The molecule has 60 valence electrons. The van der Waals surface area contributed by atoms with Gasteiger partial charge in [-0.2, -0.15) is 0 Å². The summed E-state index contributed by atoms with van der Waals surface area (Å²) in [6.07, 6.45) is 4.24. The first-order valence-corrected chi connectivity index (χ1v) is 4.24. The van der Waals surface area contributed by atoms with Crippen molar-refractivity contribution in [3.05, 3.63) is 0 Å². The largest absolute Gasteiger partial charge is 0.294 e. The molecular formula is C9H19N. The van der Waals surface area contributed by atoms with Gasteiger partial charge < -0.3 is 0 Å². The summed E-state index contributed by atoms with van der Waals surface area (Å²) < 4.78 is 0. The SMILES string of the molecule is CC/C=N\C(CC)C(C)C. The topological polar surface area (TPSA) is 12.4 Å². The van der Waals surface area contributed by atoms with Crippen LogP contribution in [-0.4, -0.2) is 12.3 Å². The van der Waals surface area contributed by atoms with E-state index >= 15 is 0 Å². The van der Waals surface area contributed by atoms with Gasteiger partial charge in [0.15, 0.2) is 0 Å². The first-order valence-electron chi connectivity index (χ1n) is 4.24. The van der Waals surface area contributed by atoms with Crippen molar-refractivity contribution >= 4 is 6.21 Å². The highest BCUT2D eigenvalue weighted by Crippen LogP contribution is 2.09. The quantitative estimate of drug-likeness (QED) is 0.534. The summed E-state index contributed by atoms with van der Waals surface area (Å²) in [4.78, 5) is 4.44. The monoisotopic (exact) mass is 141 g/mol. The predicted octanol–water partition coefficient (Wildman–Crippen LogP) is 2.90. The molecule has 0 fully saturated rings. The van der Waals surface area contributed by atoms with Crippen molar-refractivity contribution in [2.75, 3.05) is 0 Å². The fourth-order valence-electron chi connectivity index (χ4n) is 0.990. The zero-order valence-corrected chi connectivity index (χ0v) is 7.59. The summed E-state index contributed by atoms with van der Waals surface area (Å²) in [5.41, 5.74) is 0. The second-order valence-electron chi connectivity index (χ2n) is 2.96. The average molecular weight is 141 g/mol. The highest BCUT2D eigenvalue weighted by Gasteiger charge is 2.06. The van der Waals surface area contributed by atoms with Crippen LogP contribution in [0.15, 0.2) is 4.99 Å². The fraction of sp³-hybridized carbons (Fsp3) is 0.889. The fourth-order valence-corrected chi connectivity index (χ4v) is 0.990. The van der Waals surface area contributed by atoms with E-state index in [0.717, 1.165) is 12.8 Å². The molecule has 0 bridgehead atoms. The highest BCUT2D eigenvalue weighted by atomic mass is 14.8. The van der Waals surface area contributed by atoms with Crippen molar-refractivity contribution in [3.8, 4) is 0 Å². The highest BCUT2D eigenvalue weighted by molar-refractivity contribution is 5.56. The van der Waals surface area contributed by atoms with Crippen LogP contribution in [0.25, 0.3) is 0 Å². The van der Waals surface area contributed by atoms with Gasteiger partial charge in [-0.3, -0.25) is 4.99 Å². The Morgan fingerprint density at radius 1 is 1.30 bits per heavy atom. The molecular weight excluding hydrogens is 122 g/mol. The molecule has 0 aliphatic carbocycles. The van der Waals surface area contributed by atoms with Gasteiger partial charge in [-0.25, -0.2) is 0 Å². The molecule has 1 unspecified atom stereocenters. The summed E-state index contributed by atoms with van der Waals surface area (Å²) in [7, 11) is 0. The predicted molar refractivity (Wildman–Crippen MR) is 47.7 cm³/mol. The van der Waals surface area contributed by atoms with Gasteiger partial charge in [-0.1, -0.05) is 27.7 Å². The molecule has 0 aliphatic rings. The Hall–Kier alpha value is -0.330. The molecule has 10 heavy (non-hydrogen) atoms. The van der Waals surface area contributed by atoms with Gasteiger partial charge in [-0.15, -0.1) is 0 Å². The Kier molecular flexibility index (Phi) is 5.27. The van der Waals surface area contributed by atoms with Gasteiger partial charge in [-0.05, 0) is 25.0 Å². The van der Waals surface area contributed by atoms with E-state index in [1.807, 2.05) is 6.21 Å². The van der Waals surface area contributed by atoms with Crippen molar-refractivity contribution in [1.29, 1.82) is 0 Å². The maximum absolute atomic E-state index is 4.44. The number of rotatable bonds is 4. The Bertz CT molecular complexity index is 94.9. The molecule has 0 radical (unpaired) electrons. The minimum Gasteiger partial charge on any atom is -0.294 e. The minimum absolute atomic E-state index is 0.542. The Labute approximate surface area is 64.6 Å². The summed E-state index contributed by atoms with van der Waals surface area (Å²) >= 11 is 0. The third-order valence-corrected chi connectivity index (χ3v) is 1.67. The van der Waals surface area contributed by atoms with E-state index in [-0.39, 0.29) is 0 Å². The lowest BCUT2D eigenvalue weighted by molar-refractivity contribution is 0.484. The molecule has 0 aromatic rings. The van der Waals surface area contributed by atoms with Crippen LogP contribution in [0.4, 0.5) is 0 Å². The summed E-state index contributed by atoms with van der Waals surface area (Å²) in [5.74, 6) is 0.688. The maximum atomic E-state index is 4.44. The molecule has 0 rings (SSSR count). The van der Waals surface area contributed by atoms with E-state index in [1.165, 1.54) is 0 Å². The van der Waals surface area contributed by atoms with E-state index in [0.29, 0.717) is 12.0 Å². The standard InChI is InChI=1S/C9H19N/c1-5-7-10-9(6-2)8(3)4/h7-9H,5-6H2,1-4H3/b10-7-. The van der Waals surface area contributed by atoms with Gasteiger partial charge in [0.1, 0.15) is 0 Å². The van der Waals surface area contributed by atoms with Crippen LogP contribution in [0.1, 0.15) is 40.5 Å². The zero-order chi connectivity index (χ0) is 7.98. The molecule has 0 saturated carbocycles. The van der Waals surface area contributed by atoms with Crippen LogP contribution < -0.4 is 0 Å². The van der Waals surface area contributed by atoms with Crippen molar-refractivity contribution in [1.82, 2.24) is 0 Å². The lowest BCUT2D eigenvalue weighted by Gasteiger charge is -2.12. The van der Waals surface area contributed by atoms with Crippen molar-refractivity contribution in [2.45, 2.75) is 46.6 Å². The summed E-state index contributed by atoms with van der Waals surface area (Å²) in [6, 6.07) is 0.542. The molecule has 0 aliphatic heterocycles. The molecule has 0 aromatic carbocycles. The molecule has 1 heteroatoms. The molecule has 0 spiro atoms. The smallest absolute Gasteiger partial charge is 0.0516 e. The molecule has 1 nitrogen and oxygen atoms in total. The maximum Gasteiger partial charge on any atom is 0.0516 e.